The highest BCUT2D eigenvalue weighted by Gasteiger charge is 2.05. The van der Waals surface area contributed by atoms with E-state index in [1.54, 1.807) is 0 Å². The van der Waals surface area contributed by atoms with Crippen LogP contribution >= 0.6 is 0 Å². The fraction of sp³-hybridized carbons (Fsp3) is 0.0714. The van der Waals surface area contributed by atoms with Gasteiger partial charge in [0.05, 0.1) is 0 Å². The predicted molar refractivity (Wildman–Crippen MR) is 66.3 cm³/mol. The number of benzene rings is 2. The van der Waals surface area contributed by atoms with Crippen molar-refractivity contribution in [1.82, 2.24) is 0 Å². The molecule has 0 radical (unpaired) electrons. The maximum Gasteiger partial charge on any atom is 0.404 e. The summed E-state index contributed by atoms with van der Waals surface area (Å²) in [5, 5.41) is 0. The molecule has 2 aromatic carbocycles. The molecule has 0 heterocycles. The van der Waals surface area contributed by atoms with Gasteiger partial charge in [-0.1, -0.05) is 54.6 Å². The van der Waals surface area contributed by atoms with Crippen LogP contribution in [0.1, 0.15) is 5.56 Å². The van der Waals surface area contributed by atoms with Gasteiger partial charge in [-0.25, -0.2) is 4.79 Å². The van der Waals surface area contributed by atoms with Crippen LogP contribution in [0.4, 0.5) is 4.79 Å². The highest BCUT2D eigenvalue weighted by atomic mass is 16.5. The molecule has 0 aliphatic rings. The largest absolute Gasteiger partial charge is 0.445 e. The van der Waals surface area contributed by atoms with Crippen LogP contribution in [0.2, 0.25) is 0 Å². The maximum absolute atomic E-state index is 10.6. The molecule has 17 heavy (non-hydrogen) atoms. The molecule has 0 saturated carbocycles. The number of nitrogens with two attached hydrogens (primary N) is 1. The van der Waals surface area contributed by atoms with Crippen LogP contribution in [0, 0.1) is 0 Å². The minimum absolute atomic E-state index is 0.195. The van der Waals surface area contributed by atoms with Crippen LogP contribution in [0.5, 0.6) is 0 Å². The third kappa shape index (κ3) is 2.84. The first-order chi connectivity index (χ1) is 8.27. The molecule has 0 spiro atoms. The van der Waals surface area contributed by atoms with Crippen molar-refractivity contribution >= 4 is 6.09 Å². The van der Waals surface area contributed by atoms with Crippen LogP contribution in [-0.2, 0) is 11.3 Å². The van der Waals surface area contributed by atoms with Crippen LogP contribution in [0.15, 0.2) is 54.6 Å². The Morgan fingerprint density at radius 2 is 1.65 bits per heavy atom. The molecule has 0 aromatic heterocycles. The summed E-state index contributed by atoms with van der Waals surface area (Å²) in [5.74, 6) is 0. The van der Waals surface area contributed by atoms with Gasteiger partial charge < -0.3 is 10.5 Å². The minimum atomic E-state index is -0.757. The van der Waals surface area contributed by atoms with Gasteiger partial charge in [-0.15, -0.1) is 0 Å². The Balaban J connectivity index is 2.31. The number of hydrogen-bond acceptors (Lipinski definition) is 2. The van der Waals surface area contributed by atoms with Crippen molar-refractivity contribution in [3.8, 4) is 11.1 Å². The molecule has 0 bridgehead atoms. The summed E-state index contributed by atoms with van der Waals surface area (Å²) >= 11 is 0. The second-order valence-corrected chi connectivity index (χ2v) is 3.63. The number of amides is 1. The van der Waals surface area contributed by atoms with E-state index in [1.165, 1.54) is 0 Å². The third-order valence-electron chi connectivity index (χ3n) is 2.47. The third-order valence-corrected chi connectivity index (χ3v) is 2.47. The zero-order valence-corrected chi connectivity index (χ0v) is 9.30. The van der Waals surface area contributed by atoms with Crippen LogP contribution in [0.3, 0.4) is 0 Å². The summed E-state index contributed by atoms with van der Waals surface area (Å²) in [6, 6.07) is 17.7. The quantitative estimate of drug-likeness (QED) is 0.876. The summed E-state index contributed by atoms with van der Waals surface area (Å²) in [7, 11) is 0. The highest BCUT2D eigenvalue weighted by Crippen LogP contribution is 2.23. The Hall–Kier alpha value is -2.29. The topological polar surface area (TPSA) is 52.3 Å². The zero-order valence-electron chi connectivity index (χ0n) is 9.30. The molecule has 0 fully saturated rings. The minimum Gasteiger partial charge on any atom is -0.445 e. The van der Waals surface area contributed by atoms with Gasteiger partial charge >= 0.3 is 6.09 Å². The van der Waals surface area contributed by atoms with E-state index in [-0.39, 0.29) is 6.61 Å². The molecule has 0 aliphatic carbocycles. The Kier molecular flexibility index (Phi) is 3.40. The standard InChI is InChI=1S/C14H13NO2/c15-14(16)17-10-12-8-4-5-9-13(12)11-6-2-1-3-7-11/h1-9H,10H2,(H2,15,16). The Morgan fingerprint density at radius 3 is 2.35 bits per heavy atom. The van der Waals surface area contributed by atoms with Gasteiger partial charge in [0, 0.05) is 0 Å². The van der Waals surface area contributed by atoms with Crippen molar-refractivity contribution in [3.05, 3.63) is 60.2 Å². The summed E-state index contributed by atoms with van der Waals surface area (Å²) in [6.45, 7) is 0.195. The fourth-order valence-corrected chi connectivity index (χ4v) is 1.69. The van der Waals surface area contributed by atoms with E-state index in [4.69, 9.17) is 10.5 Å². The first kappa shape index (κ1) is 11.2. The van der Waals surface area contributed by atoms with Gasteiger partial charge in [0.1, 0.15) is 6.61 Å². The van der Waals surface area contributed by atoms with E-state index in [1.807, 2.05) is 54.6 Å². The first-order valence-electron chi connectivity index (χ1n) is 5.33. The average Bonchev–Trinajstić information content (AvgIpc) is 2.38. The molecule has 1 amide bonds. The predicted octanol–water partition coefficient (Wildman–Crippen LogP) is 2.95. The molecule has 2 rings (SSSR count). The van der Waals surface area contributed by atoms with Gasteiger partial charge in [-0.05, 0) is 16.7 Å². The summed E-state index contributed by atoms with van der Waals surface area (Å²) in [4.78, 5) is 10.6. The van der Waals surface area contributed by atoms with Gasteiger partial charge in [0.2, 0.25) is 0 Å². The summed E-state index contributed by atoms with van der Waals surface area (Å²) in [5.41, 5.74) is 8.05. The first-order valence-corrected chi connectivity index (χ1v) is 5.33. The molecular weight excluding hydrogens is 214 g/mol. The van der Waals surface area contributed by atoms with E-state index in [0.717, 1.165) is 16.7 Å². The molecule has 2 aromatic rings. The molecule has 2 N–H and O–H groups in total. The van der Waals surface area contributed by atoms with Crippen molar-refractivity contribution in [3.63, 3.8) is 0 Å². The second kappa shape index (κ2) is 5.16. The molecule has 3 heteroatoms. The van der Waals surface area contributed by atoms with E-state index >= 15 is 0 Å². The number of carbonyl (C=O) groups is 1. The van der Waals surface area contributed by atoms with Crippen LogP contribution in [0.25, 0.3) is 11.1 Å². The van der Waals surface area contributed by atoms with Crippen molar-refractivity contribution in [2.75, 3.05) is 0 Å². The highest BCUT2D eigenvalue weighted by molar-refractivity contribution is 5.68. The van der Waals surface area contributed by atoms with Crippen LogP contribution in [-0.4, -0.2) is 6.09 Å². The molecule has 3 nitrogen and oxygen atoms in total. The number of primary amides is 1. The molecule has 0 unspecified atom stereocenters. The van der Waals surface area contributed by atoms with E-state index < -0.39 is 6.09 Å². The zero-order chi connectivity index (χ0) is 12.1. The lowest BCUT2D eigenvalue weighted by Crippen LogP contribution is -2.12. The Bertz CT molecular complexity index is 509. The van der Waals surface area contributed by atoms with Gasteiger partial charge in [-0.3, -0.25) is 0 Å². The van der Waals surface area contributed by atoms with Crippen molar-refractivity contribution < 1.29 is 9.53 Å². The number of carbonyl (C=O) groups excluding carboxylic acids is 1. The maximum atomic E-state index is 10.6. The van der Waals surface area contributed by atoms with Crippen molar-refractivity contribution in [1.29, 1.82) is 0 Å². The van der Waals surface area contributed by atoms with Gasteiger partial charge in [0.15, 0.2) is 0 Å². The summed E-state index contributed by atoms with van der Waals surface area (Å²) < 4.78 is 4.83. The normalized spacial score (nSPS) is 9.88. The van der Waals surface area contributed by atoms with E-state index in [0.29, 0.717) is 0 Å². The lowest BCUT2D eigenvalue weighted by molar-refractivity contribution is 0.150. The monoisotopic (exact) mass is 227 g/mol. The Morgan fingerprint density at radius 1 is 1.00 bits per heavy atom. The average molecular weight is 227 g/mol. The number of ether oxygens (including phenoxy) is 1. The lowest BCUT2D eigenvalue weighted by Gasteiger charge is -2.09. The van der Waals surface area contributed by atoms with Gasteiger partial charge in [0.25, 0.3) is 0 Å². The van der Waals surface area contributed by atoms with Crippen molar-refractivity contribution in [2.24, 2.45) is 5.73 Å². The van der Waals surface area contributed by atoms with E-state index in [2.05, 4.69) is 0 Å². The van der Waals surface area contributed by atoms with E-state index in [9.17, 15) is 4.79 Å². The summed E-state index contributed by atoms with van der Waals surface area (Å²) in [6.07, 6.45) is -0.757. The molecular formula is C14H13NO2. The Labute approximate surface area is 99.8 Å². The molecule has 0 saturated heterocycles. The second-order valence-electron chi connectivity index (χ2n) is 3.63. The fourth-order valence-electron chi connectivity index (χ4n) is 1.69. The lowest BCUT2D eigenvalue weighted by atomic mass is 10.0. The number of rotatable bonds is 3. The SMILES string of the molecule is NC(=O)OCc1ccccc1-c1ccccc1. The van der Waals surface area contributed by atoms with Crippen LogP contribution < -0.4 is 5.73 Å². The van der Waals surface area contributed by atoms with Gasteiger partial charge in [-0.2, -0.15) is 0 Å². The molecule has 0 atom stereocenters. The molecule has 0 aliphatic heterocycles. The number of hydrogen-bond donors (Lipinski definition) is 1. The smallest absolute Gasteiger partial charge is 0.404 e. The van der Waals surface area contributed by atoms with Crippen molar-refractivity contribution in [2.45, 2.75) is 6.61 Å². The molecule has 86 valence electrons.